The van der Waals surface area contributed by atoms with Crippen LogP contribution in [0, 0.1) is 6.92 Å². The molecule has 0 saturated heterocycles. The van der Waals surface area contributed by atoms with Gasteiger partial charge in [0.05, 0.1) is 11.1 Å². The van der Waals surface area contributed by atoms with Crippen LogP contribution < -0.4 is 14.8 Å². The number of aliphatic carboxylic acids is 1. The summed E-state index contributed by atoms with van der Waals surface area (Å²) in [6.45, 7) is 5.26. The molecule has 6 nitrogen and oxygen atoms in total. The molecule has 35 heavy (non-hydrogen) atoms. The standard InChI is InChI=1S/C28H29BrN2O4/c1-3-34-26-13-19(12-23(29)27(26)35-17-20-9-5-4-8-18(20)2)15-30-25(28(32)33)14-21-16-31-24-11-7-6-10-22(21)24/h4-13,16,25,30-31H,3,14-15,17H2,1-2H3,(H,32,33)/t25-/m1/s1. The van der Waals surface area contributed by atoms with Gasteiger partial charge in [-0.25, -0.2) is 0 Å². The number of carboxylic acid groups (broad SMARTS) is 1. The van der Waals surface area contributed by atoms with Crippen molar-refractivity contribution in [2.45, 2.75) is 39.5 Å². The normalized spacial score (nSPS) is 12.0. The minimum atomic E-state index is -0.891. The van der Waals surface area contributed by atoms with Crippen molar-refractivity contribution >= 4 is 32.8 Å². The number of aromatic nitrogens is 1. The molecule has 0 unspecified atom stereocenters. The van der Waals surface area contributed by atoms with Crippen molar-refractivity contribution in [1.29, 1.82) is 0 Å². The number of hydrogen-bond donors (Lipinski definition) is 3. The van der Waals surface area contributed by atoms with Crippen LogP contribution in [0.3, 0.4) is 0 Å². The molecule has 1 aromatic heterocycles. The molecule has 3 N–H and O–H groups in total. The fourth-order valence-corrected chi connectivity index (χ4v) is 4.66. The number of hydrogen-bond acceptors (Lipinski definition) is 4. The van der Waals surface area contributed by atoms with E-state index in [0.717, 1.165) is 37.6 Å². The molecule has 182 valence electrons. The third kappa shape index (κ3) is 6.05. The molecule has 0 aliphatic heterocycles. The van der Waals surface area contributed by atoms with Gasteiger partial charge in [-0.15, -0.1) is 0 Å². The number of ether oxygens (including phenoxy) is 2. The number of carboxylic acids is 1. The fourth-order valence-electron chi connectivity index (χ4n) is 4.06. The number of nitrogens with one attached hydrogen (secondary N) is 2. The first-order valence-electron chi connectivity index (χ1n) is 11.6. The Hall–Kier alpha value is -3.29. The monoisotopic (exact) mass is 536 g/mol. The van der Waals surface area contributed by atoms with Gasteiger partial charge in [0.1, 0.15) is 12.6 Å². The molecular weight excluding hydrogens is 508 g/mol. The van der Waals surface area contributed by atoms with Crippen molar-refractivity contribution in [3.05, 3.63) is 93.6 Å². The van der Waals surface area contributed by atoms with Crippen LogP contribution in [0.4, 0.5) is 0 Å². The zero-order valence-electron chi connectivity index (χ0n) is 19.8. The molecule has 3 aromatic carbocycles. The largest absolute Gasteiger partial charge is 0.490 e. The molecule has 4 rings (SSSR count). The number of H-pyrrole nitrogens is 1. The van der Waals surface area contributed by atoms with Crippen LogP contribution in [-0.4, -0.2) is 28.7 Å². The Bertz CT molecular complexity index is 1320. The molecule has 0 amide bonds. The topological polar surface area (TPSA) is 83.6 Å². The van der Waals surface area contributed by atoms with Crippen molar-refractivity contribution in [3.8, 4) is 11.5 Å². The Labute approximate surface area is 213 Å². The second-order valence-corrected chi connectivity index (χ2v) is 9.24. The predicted molar refractivity (Wildman–Crippen MR) is 141 cm³/mol. The Morgan fingerprint density at radius 2 is 1.86 bits per heavy atom. The van der Waals surface area contributed by atoms with E-state index in [1.54, 1.807) is 0 Å². The maximum absolute atomic E-state index is 12.0. The average Bonchev–Trinajstić information content (AvgIpc) is 3.25. The van der Waals surface area contributed by atoms with Gasteiger partial charge in [0, 0.05) is 30.1 Å². The molecule has 0 aliphatic carbocycles. The van der Waals surface area contributed by atoms with Gasteiger partial charge < -0.3 is 24.9 Å². The van der Waals surface area contributed by atoms with Gasteiger partial charge in [-0.1, -0.05) is 42.5 Å². The number of carbonyl (C=O) groups is 1. The molecule has 0 aliphatic rings. The second kappa shape index (κ2) is 11.4. The highest BCUT2D eigenvalue weighted by Crippen LogP contribution is 2.37. The van der Waals surface area contributed by atoms with Crippen LogP contribution in [0.2, 0.25) is 0 Å². The lowest BCUT2D eigenvalue weighted by molar-refractivity contribution is -0.139. The Morgan fingerprint density at radius 1 is 1.09 bits per heavy atom. The van der Waals surface area contributed by atoms with E-state index >= 15 is 0 Å². The number of rotatable bonds is 11. The number of aryl methyl sites for hydroxylation is 1. The summed E-state index contributed by atoms with van der Waals surface area (Å²) in [6, 6.07) is 19.1. The molecule has 7 heteroatoms. The van der Waals surface area contributed by atoms with Crippen molar-refractivity contribution < 1.29 is 19.4 Å². The van der Waals surface area contributed by atoms with Crippen LogP contribution in [0.25, 0.3) is 10.9 Å². The van der Waals surface area contributed by atoms with Crippen molar-refractivity contribution in [3.63, 3.8) is 0 Å². The highest BCUT2D eigenvalue weighted by Gasteiger charge is 2.20. The van der Waals surface area contributed by atoms with E-state index in [1.165, 1.54) is 0 Å². The Morgan fingerprint density at radius 3 is 2.63 bits per heavy atom. The van der Waals surface area contributed by atoms with Gasteiger partial charge >= 0.3 is 5.97 Å². The molecule has 0 radical (unpaired) electrons. The van der Waals surface area contributed by atoms with E-state index in [1.807, 2.05) is 67.7 Å². The van der Waals surface area contributed by atoms with Gasteiger partial charge in [-0.05, 0) is 70.2 Å². The lowest BCUT2D eigenvalue weighted by Gasteiger charge is -2.18. The summed E-state index contributed by atoms with van der Waals surface area (Å²) in [5.41, 5.74) is 5.13. The molecule has 0 spiro atoms. The highest BCUT2D eigenvalue weighted by atomic mass is 79.9. The quantitative estimate of drug-likeness (QED) is 0.219. The molecule has 0 fully saturated rings. The maximum Gasteiger partial charge on any atom is 0.321 e. The summed E-state index contributed by atoms with van der Waals surface area (Å²) in [5, 5.41) is 14.1. The first-order chi connectivity index (χ1) is 17.0. The number of halogens is 1. The lowest BCUT2D eigenvalue weighted by atomic mass is 10.0. The van der Waals surface area contributed by atoms with E-state index in [2.05, 4.69) is 39.2 Å². The third-order valence-corrected chi connectivity index (χ3v) is 6.54. The minimum Gasteiger partial charge on any atom is -0.490 e. The van der Waals surface area contributed by atoms with E-state index in [-0.39, 0.29) is 0 Å². The summed E-state index contributed by atoms with van der Waals surface area (Å²) >= 11 is 3.62. The van der Waals surface area contributed by atoms with Crippen LogP contribution in [-0.2, 0) is 24.4 Å². The van der Waals surface area contributed by atoms with E-state index in [9.17, 15) is 9.90 Å². The highest BCUT2D eigenvalue weighted by molar-refractivity contribution is 9.10. The van der Waals surface area contributed by atoms with Crippen molar-refractivity contribution in [1.82, 2.24) is 10.3 Å². The zero-order chi connectivity index (χ0) is 24.8. The van der Waals surface area contributed by atoms with E-state index in [0.29, 0.717) is 37.7 Å². The van der Waals surface area contributed by atoms with Gasteiger partial charge in [0.25, 0.3) is 0 Å². The van der Waals surface area contributed by atoms with Crippen molar-refractivity contribution in [2.24, 2.45) is 0 Å². The minimum absolute atomic E-state index is 0.371. The molecule has 0 saturated carbocycles. The average molecular weight is 537 g/mol. The number of para-hydroxylation sites is 1. The number of aromatic amines is 1. The SMILES string of the molecule is CCOc1cc(CN[C@H](Cc2c[nH]c3ccccc23)C(=O)O)cc(Br)c1OCc1ccccc1C. The van der Waals surface area contributed by atoms with Gasteiger partial charge in [-0.3, -0.25) is 4.79 Å². The number of fused-ring (bicyclic) bond motifs is 1. The van der Waals surface area contributed by atoms with E-state index in [4.69, 9.17) is 9.47 Å². The van der Waals surface area contributed by atoms with Crippen LogP contribution >= 0.6 is 15.9 Å². The zero-order valence-corrected chi connectivity index (χ0v) is 21.4. The predicted octanol–water partition coefficient (Wildman–Crippen LogP) is 6.00. The van der Waals surface area contributed by atoms with Gasteiger partial charge in [-0.2, -0.15) is 0 Å². The van der Waals surface area contributed by atoms with Gasteiger partial charge in [0.2, 0.25) is 0 Å². The first-order valence-corrected chi connectivity index (χ1v) is 12.4. The molecule has 4 aromatic rings. The Kier molecular flexibility index (Phi) is 8.10. The third-order valence-electron chi connectivity index (χ3n) is 5.95. The maximum atomic E-state index is 12.0. The summed E-state index contributed by atoms with van der Waals surface area (Å²) < 4.78 is 12.8. The Balaban J connectivity index is 1.48. The van der Waals surface area contributed by atoms with Gasteiger partial charge in [0.15, 0.2) is 11.5 Å². The molecule has 1 atom stereocenters. The van der Waals surface area contributed by atoms with E-state index < -0.39 is 12.0 Å². The second-order valence-electron chi connectivity index (χ2n) is 8.39. The molecule has 0 bridgehead atoms. The van der Waals surface area contributed by atoms with Crippen LogP contribution in [0.5, 0.6) is 11.5 Å². The van der Waals surface area contributed by atoms with Crippen molar-refractivity contribution in [2.75, 3.05) is 6.61 Å². The summed E-state index contributed by atoms with van der Waals surface area (Å²) in [7, 11) is 0. The summed E-state index contributed by atoms with van der Waals surface area (Å²) in [6.07, 6.45) is 2.25. The molecular formula is C28H29BrN2O4. The lowest BCUT2D eigenvalue weighted by Crippen LogP contribution is -2.38. The fraction of sp³-hybridized carbons (Fsp3) is 0.250. The first kappa shape index (κ1) is 24.8. The summed E-state index contributed by atoms with van der Waals surface area (Å²) in [5.74, 6) is 0.362. The smallest absolute Gasteiger partial charge is 0.321 e. The number of benzene rings is 3. The molecule has 1 heterocycles. The summed E-state index contributed by atoms with van der Waals surface area (Å²) in [4.78, 5) is 15.2. The van der Waals surface area contributed by atoms with Crippen LogP contribution in [0.1, 0.15) is 29.2 Å². The van der Waals surface area contributed by atoms with Crippen LogP contribution in [0.15, 0.2) is 71.3 Å².